The highest BCUT2D eigenvalue weighted by molar-refractivity contribution is 8.00. The van der Waals surface area contributed by atoms with Gasteiger partial charge in [0.15, 0.2) is 0 Å². The number of aromatic nitrogens is 3. The number of ether oxygens (including phenoxy) is 1. The molecule has 4 aromatic rings. The zero-order valence-electron chi connectivity index (χ0n) is 16.4. The van der Waals surface area contributed by atoms with Gasteiger partial charge in [-0.05, 0) is 48.9 Å². The lowest BCUT2D eigenvalue weighted by Gasteiger charge is -2.07. The van der Waals surface area contributed by atoms with Crippen molar-refractivity contribution < 1.29 is 9.57 Å². The van der Waals surface area contributed by atoms with Crippen LogP contribution in [0.2, 0.25) is 5.02 Å². The van der Waals surface area contributed by atoms with E-state index in [2.05, 4.69) is 15.2 Å². The number of aryl methyl sites for hydroxylation is 1. The second-order valence-corrected chi connectivity index (χ2v) is 8.84. The molecule has 0 fully saturated rings. The third-order valence-electron chi connectivity index (χ3n) is 4.37. The fourth-order valence-corrected chi connectivity index (χ4v) is 4.84. The molecule has 2 aromatic carbocycles. The fourth-order valence-electron chi connectivity index (χ4n) is 2.78. The third-order valence-corrected chi connectivity index (χ3v) is 6.84. The minimum Gasteiger partial charge on any atom is -0.497 e. The number of fused-ring (bicyclic) bond motifs is 1. The van der Waals surface area contributed by atoms with E-state index in [0.29, 0.717) is 12.4 Å². The third kappa shape index (κ3) is 4.77. The van der Waals surface area contributed by atoms with Gasteiger partial charge in [0.25, 0.3) is 0 Å². The molecule has 0 aliphatic rings. The average molecular weight is 459 g/mol. The number of thioether (sulfide) groups is 1. The molecule has 154 valence electrons. The molecule has 0 saturated heterocycles. The summed E-state index contributed by atoms with van der Waals surface area (Å²) in [6.45, 7) is 2.39. The Bertz CT molecular complexity index is 1150. The number of methoxy groups -OCH3 is 1. The number of thiazole rings is 1. The number of rotatable bonds is 8. The summed E-state index contributed by atoms with van der Waals surface area (Å²) in [6.07, 6.45) is 1.56. The number of nitrogens with zero attached hydrogens (tertiary/aromatic N) is 4. The van der Waals surface area contributed by atoms with Gasteiger partial charge in [0.2, 0.25) is 4.96 Å². The lowest BCUT2D eigenvalue weighted by molar-refractivity contribution is 0.130. The molecule has 0 aliphatic heterocycles. The van der Waals surface area contributed by atoms with Crippen LogP contribution in [0.1, 0.15) is 16.1 Å². The Balaban J connectivity index is 1.53. The molecule has 2 aromatic heterocycles. The molecule has 4 rings (SSSR count). The molecule has 0 radical (unpaired) electrons. The highest BCUT2D eigenvalue weighted by atomic mass is 35.5. The summed E-state index contributed by atoms with van der Waals surface area (Å²) in [7, 11) is 1.65. The normalized spacial score (nSPS) is 11.8. The van der Waals surface area contributed by atoms with Crippen LogP contribution < -0.4 is 4.74 Å². The van der Waals surface area contributed by atoms with Gasteiger partial charge in [-0.2, -0.15) is 5.10 Å². The Morgan fingerprint density at radius 1 is 1.17 bits per heavy atom. The Hall–Kier alpha value is -2.55. The van der Waals surface area contributed by atoms with Crippen LogP contribution in [0.25, 0.3) is 4.96 Å². The van der Waals surface area contributed by atoms with E-state index in [4.69, 9.17) is 21.2 Å². The predicted octanol–water partition coefficient (Wildman–Crippen LogP) is 5.47. The van der Waals surface area contributed by atoms with Crippen molar-refractivity contribution in [3.63, 3.8) is 0 Å². The Morgan fingerprint density at radius 3 is 2.63 bits per heavy atom. The molecule has 0 spiro atoms. The van der Waals surface area contributed by atoms with E-state index in [-0.39, 0.29) is 0 Å². The Labute approximate surface area is 187 Å². The van der Waals surface area contributed by atoms with E-state index in [9.17, 15) is 0 Å². The maximum Gasteiger partial charge on any atom is 0.212 e. The smallest absolute Gasteiger partial charge is 0.212 e. The van der Waals surface area contributed by atoms with E-state index in [0.717, 1.165) is 42.5 Å². The summed E-state index contributed by atoms with van der Waals surface area (Å²) in [5, 5.41) is 9.48. The number of halogens is 1. The first kappa shape index (κ1) is 20.7. The summed E-state index contributed by atoms with van der Waals surface area (Å²) in [5.74, 6) is 1.46. The van der Waals surface area contributed by atoms with Gasteiger partial charge >= 0.3 is 0 Å². The number of hydrogen-bond acceptors (Lipinski definition) is 7. The zero-order valence-corrected chi connectivity index (χ0v) is 18.8. The van der Waals surface area contributed by atoms with Crippen LogP contribution in [-0.2, 0) is 11.4 Å². The van der Waals surface area contributed by atoms with Crippen molar-refractivity contribution >= 4 is 45.4 Å². The number of benzene rings is 2. The molecule has 0 atom stereocenters. The van der Waals surface area contributed by atoms with Gasteiger partial charge in [-0.25, -0.2) is 9.50 Å². The van der Waals surface area contributed by atoms with Crippen LogP contribution in [0.4, 0.5) is 0 Å². The number of hydrogen-bond donors (Lipinski definition) is 0. The van der Waals surface area contributed by atoms with Crippen LogP contribution in [0.15, 0.2) is 64.9 Å². The van der Waals surface area contributed by atoms with Gasteiger partial charge in [-0.3, -0.25) is 0 Å². The molecule has 0 amide bonds. The first-order valence-corrected chi connectivity index (χ1v) is 11.3. The van der Waals surface area contributed by atoms with Crippen molar-refractivity contribution in [3.8, 4) is 5.75 Å². The second kappa shape index (κ2) is 9.51. The SMILES string of the molecule is COc1ccc(CO/N=C(\CSc2ccc(Cl)cc2)c2sc3ncnn3c2C)cc1. The fraction of sp³-hybridized carbons (Fsp3) is 0.190. The second-order valence-electron chi connectivity index (χ2n) is 6.37. The highest BCUT2D eigenvalue weighted by Gasteiger charge is 2.17. The van der Waals surface area contributed by atoms with Crippen LogP contribution in [0.3, 0.4) is 0 Å². The predicted molar refractivity (Wildman–Crippen MR) is 122 cm³/mol. The van der Waals surface area contributed by atoms with Crippen molar-refractivity contribution in [1.29, 1.82) is 0 Å². The molecule has 0 N–H and O–H groups in total. The Kier molecular flexibility index (Phi) is 6.56. The summed E-state index contributed by atoms with van der Waals surface area (Å²) >= 11 is 9.22. The molecule has 0 saturated carbocycles. The van der Waals surface area contributed by atoms with Gasteiger partial charge in [-0.1, -0.05) is 40.2 Å². The minimum atomic E-state index is 0.374. The minimum absolute atomic E-state index is 0.374. The van der Waals surface area contributed by atoms with Crippen LogP contribution in [0.5, 0.6) is 5.75 Å². The van der Waals surface area contributed by atoms with Crippen molar-refractivity contribution in [3.05, 3.63) is 76.0 Å². The largest absolute Gasteiger partial charge is 0.497 e. The standard InChI is InChI=1S/C21H19ClN4O2S2/c1-14-20(30-21-23-13-24-26(14)21)19(12-29-18-9-5-16(22)6-10-18)25-28-11-15-3-7-17(27-2)8-4-15/h3-10,13H,11-12H2,1-2H3/b25-19+. The van der Waals surface area contributed by atoms with E-state index >= 15 is 0 Å². The maximum atomic E-state index is 5.99. The highest BCUT2D eigenvalue weighted by Crippen LogP contribution is 2.26. The van der Waals surface area contributed by atoms with E-state index < -0.39 is 0 Å². The lowest BCUT2D eigenvalue weighted by Crippen LogP contribution is -2.07. The molecule has 2 heterocycles. The molecular weight excluding hydrogens is 440 g/mol. The monoisotopic (exact) mass is 458 g/mol. The average Bonchev–Trinajstić information content (AvgIpc) is 3.35. The van der Waals surface area contributed by atoms with Crippen molar-refractivity contribution in [2.45, 2.75) is 18.4 Å². The van der Waals surface area contributed by atoms with E-state index in [1.165, 1.54) is 0 Å². The molecule has 0 unspecified atom stereocenters. The van der Waals surface area contributed by atoms with Gasteiger partial charge in [0.05, 0.1) is 17.7 Å². The first-order chi connectivity index (χ1) is 14.6. The molecule has 9 heteroatoms. The van der Waals surface area contributed by atoms with Crippen LogP contribution >= 0.6 is 34.7 Å². The summed E-state index contributed by atoms with van der Waals surface area (Å²) < 4.78 is 7.02. The lowest BCUT2D eigenvalue weighted by atomic mass is 10.2. The topological polar surface area (TPSA) is 61.0 Å². The summed E-state index contributed by atoms with van der Waals surface area (Å²) in [4.78, 5) is 13.0. The zero-order chi connectivity index (χ0) is 20.9. The van der Waals surface area contributed by atoms with Crippen molar-refractivity contribution in [2.75, 3.05) is 12.9 Å². The molecular formula is C21H19ClN4O2S2. The quantitative estimate of drug-likeness (QED) is 0.199. The maximum absolute atomic E-state index is 5.99. The van der Waals surface area contributed by atoms with E-state index in [1.807, 2.05) is 60.0 Å². The van der Waals surface area contributed by atoms with Gasteiger partial charge in [0.1, 0.15) is 24.4 Å². The van der Waals surface area contributed by atoms with Gasteiger partial charge < -0.3 is 9.57 Å². The first-order valence-electron chi connectivity index (χ1n) is 9.13. The van der Waals surface area contributed by atoms with Crippen molar-refractivity contribution in [2.24, 2.45) is 5.16 Å². The van der Waals surface area contributed by atoms with Crippen LogP contribution in [-0.4, -0.2) is 33.2 Å². The summed E-state index contributed by atoms with van der Waals surface area (Å²) in [6, 6.07) is 15.5. The molecule has 0 aliphatic carbocycles. The number of oxime groups is 1. The van der Waals surface area contributed by atoms with Crippen LogP contribution in [0, 0.1) is 6.92 Å². The molecule has 6 nitrogen and oxygen atoms in total. The van der Waals surface area contributed by atoms with Crippen molar-refractivity contribution in [1.82, 2.24) is 14.6 Å². The van der Waals surface area contributed by atoms with Gasteiger partial charge in [0, 0.05) is 15.7 Å². The van der Waals surface area contributed by atoms with Gasteiger partial charge in [-0.15, -0.1) is 11.8 Å². The summed E-state index contributed by atoms with van der Waals surface area (Å²) in [5.41, 5.74) is 2.86. The van der Waals surface area contributed by atoms with E-state index in [1.54, 1.807) is 36.5 Å². The Morgan fingerprint density at radius 2 is 1.93 bits per heavy atom. The molecule has 30 heavy (non-hydrogen) atoms. The molecule has 0 bridgehead atoms.